The van der Waals surface area contributed by atoms with Gasteiger partial charge in [-0.2, -0.15) is 4.98 Å². The Kier molecular flexibility index (Phi) is 3.33. The summed E-state index contributed by atoms with van der Waals surface area (Å²) in [6.07, 6.45) is 0. The molecule has 1 aliphatic rings. The van der Waals surface area contributed by atoms with Crippen LogP contribution in [0.4, 0.5) is 10.1 Å². The lowest BCUT2D eigenvalue weighted by molar-refractivity contribution is 0.377. The van der Waals surface area contributed by atoms with Gasteiger partial charge >= 0.3 is 0 Å². The highest BCUT2D eigenvalue weighted by atomic mass is 19.1. The molecule has 2 heterocycles. The van der Waals surface area contributed by atoms with E-state index < -0.39 is 0 Å². The Morgan fingerprint density at radius 3 is 2.78 bits per heavy atom. The maximum atomic E-state index is 13.0. The van der Waals surface area contributed by atoms with Crippen LogP contribution >= 0.6 is 0 Å². The molecule has 0 amide bonds. The average molecular weight is 309 g/mol. The summed E-state index contributed by atoms with van der Waals surface area (Å²) >= 11 is 0. The van der Waals surface area contributed by atoms with Crippen molar-refractivity contribution in [1.82, 2.24) is 10.1 Å². The molecule has 0 spiro atoms. The molecule has 5 heteroatoms. The fraction of sp³-hybridized carbons (Fsp3) is 0.222. The molecule has 23 heavy (non-hydrogen) atoms. The van der Waals surface area contributed by atoms with Crippen LogP contribution in [-0.4, -0.2) is 16.7 Å². The Balaban J connectivity index is 1.56. The maximum absolute atomic E-state index is 13.0. The summed E-state index contributed by atoms with van der Waals surface area (Å²) in [7, 11) is 0. The van der Waals surface area contributed by atoms with E-state index >= 15 is 0 Å². The first-order valence-electron chi connectivity index (χ1n) is 7.63. The minimum absolute atomic E-state index is 0.278. The Morgan fingerprint density at radius 2 is 1.96 bits per heavy atom. The zero-order valence-corrected chi connectivity index (χ0v) is 12.7. The molecule has 3 aromatic rings. The number of anilines is 1. The van der Waals surface area contributed by atoms with E-state index in [9.17, 15) is 4.39 Å². The normalized spacial score (nSPS) is 16.6. The molecule has 0 radical (unpaired) electrons. The minimum atomic E-state index is -0.278. The molecule has 0 saturated heterocycles. The van der Waals surface area contributed by atoms with Crippen LogP contribution in [0.3, 0.4) is 0 Å². The quantitative estimate of drug-likeness (QED) is 0.733. The second kappa shape index (κ2) is 5.50. The van der Waals surface area contributed by atoms with E-state index in [0.717, 1.165) is 12.1 Å². The largest absolute Gasteiger partial charge is 0.361 e. The first-order chi connectivity index (χ1) is 11.2. The van der Waals surface area contributed by atoms with Gasteiger partial charge in [-0.25, -0.2) is 4.39 Å². The van der Waals surface area contributed by atoms with Crippen LogP contribution in [-0.2, 0) is 6.54 Å². The molecule has 1 aliphatic heterocycles. The number of fused-ring (bicyclic) bond motifs is 1. The molecule has 4 rings (SSSR count). The molecular weight excluding hydrogens is 293 g/mol. The number of halogens is 1. The van der Waals surface area contributed by atoms with Gasteiger partial charge in [-0.05, 0) is 35.9 Å². The molecule has 4 nitrogen and oxygen atoms in total. The van der Waals surface area contributed by atoms with Crippen molar-refractivity contribution in [3.63, 3.8) is 0 Å². The first kappa shape index (κ1) is 13.9. The van der Waals surface area contributed by atoms with Crippen molar-refractivity contribution >= 4 is 5.69 Å². The molecule has 0 aliphatic carbocycles. The van der Waals surface area contributed by atoms with Crippen LogP contribution in [0.1, 0.15) is 24.3 Å². The molecule has 1 unspecified atom stereocenters. The van der Waals surface area contributed by atoms with Crippen molar-refractivity contribution in [2.75, 3.05) is 11.4 Å². The monoisotopic (exact) mass is 309 g/mol. The average Bonchev–Trinajstić information content (AvgIpc) is 3.15. The number of para-hydroxylation sites is 1. The Bertz CT molecular complexity index is 828. The summed E-state index contributed by atoms with van der Waals surface area (Å²) in [4.78, 5) is 6.68. The number of nitrogens with zero attached hydrogens (tertiary/aromatic N) is 3. The van der Waals surface area contributed by atoms with E-state index in [1.807, 2.05) is 6.07 Å². The zero-order valence-electron chi connectivity index (χ0n) is 12.7. The van der Waals surface area contributed by atoms with Gasteiger partial charge in [-0.15, -0.1) is 0 Å². The maximum Gasteiger partial charge on any atom is 0.246 e. The lowest BCUT2D eigenvalue weighted by atomic mass is 10.0. The molecule has 2 aromatic carbocycles. The third kappa shape index (κ3) is 2.59. The van der Waals surface area contributed by atoms with E-state index in [4.69, 9.17) is 4.52 Å². The van der Waals surface area contributed by atoms with E-state index in [1.54, 1.807) is 12.1 Å². The van der Waals surface area contributed by atoms with Crippen LogP contribution in [0, 0.1) is 5.82 Å². The van der Waals surface area contributed by atoms with E-state index in [0.29, 0.717) is 24.2 Å². The SMILES string of the molecule is CC1CN(Cc2nc(-c3ccc(F)cc3)no2)c2ccccc21. The summed E-state index contributed by atoms with van der Waals surface area (Å²) in [5.41, 5.74) is 3.32. The molecule has 0 bridgehead atoms. The smallest absolute Gasteiger partial charge is 0.246 e. The third-order valence-electron chi connectivity index (χ3n) is 4.20. The Hall–Kier alpha value is -2.69. The van der Waals surface area contributed by atoms with Gasteiger partial charge < -0.3 is 9.42 Å². The number of hydrogen-bond acceptors (Lipinski definition) is 4. The number of hydrogen-bond donors (Lipinski definition) is 0. The van der Waals surface area contributed by atoms with E-state index in [2.05, 4.69) is 40.2 Å². The standard InChI is InChI=1S/C18H16FN3O/c1-12-10-22(16-5-3-2-4-15(12)16)11-17-20-18(21-23-17)13-6-8-14(19)9-7-13/h2-9,12H,10-11H2,1H3. The van der Waals surface area contributed by atoms with Crippen molar-refractivity contribution in [3.8, 4) is 11.4 Å². The lowest BCUT2D eigenvalue weighted by Crippen LogP contribution is -2.20. The topological polar surface area (TPSA) is 42.2 Å². The van der Waals surface area contributed by atoms with Crippen molar-refractivity contribution in [2.24, 2.45) is 0 Å². The minimum Gasteiger partial charge on any atom is -0.361 e. The van der Waals surface area contributed by atoms with E-state index in [1.165, 1.54) is 23.4 Å². The lowest BCUT2D eigenvalue weighted by Gasteiger charge is -2.16. The second-order valence-electron chi connectivity index (χ2n) is 5.86. The molecule has 1 aromatic heterocycles. The van der Waals surface area contributed by atoms with Gasteiger partial charge in [0.1, 0.15) is 5.82 Å². The molecule has 116 valence electrons. The van der Waals surface area contributed by atoms with Crippen LogP contribution in [0.5, 0.6) is 0 Å². The molecule has 0 saturated carbocycles. The van der Waals surface area contributed by atoms with Crippen LogP contribution in [0.2, 0.25) is 0 Å². The summed E-state index contributed by atoms with van der Waals surface area (Å²) in [5, 5.41) is 4.00. The fourth-order valence-electron chi connectivity index (χ4n) is 3.07. The van der Waals surface area contributed by atoms with Crippen molar-refractivity contribution in [3.05, 3.63) is 65.8 Å². The predicted octanol–water partition coefficient (Wildman–Crippen LogP) is 4.00. The Labute approximate surface area is 133 Å². The third-order valence-corrected chi connectivity index (χ3v) is 4.20. The van der Waals surface area contributed by atoms with Gasteiger partial charge in [-0.3, -0.25) is 0 Å². The Morgan fingerprint density at radius 1 is 1.17 bits per heavy atom. The van der Waals surface area contributed by atoms with Crippen LogP contribution in [0.25, 0.3) is 11.4 Å². The number of benzene rings is 2. The highest BCUT2D eigenvalue weighted by molar-refractivity contribution is 5.60. The molecule has 0 N–H and O–H groups in total. The van der Waals surface area contributed by atoms with Gasteiger partial charge in [0, 0.05) is 23.7 Å². The van der Waals surface area contributed by atoms with Crippen molar-refractivity contribution < 1.29 is 8.91 Å². The number of aromatic nitrogens is 2. The fourth-order valence-corrected chi connectivity index (χ4v) is 3.07. The first-order valence-corrected chi connectivity index (χ1v) is 7.63. The summed E-state index contributed by atoms with van der Waals surface area (Å²) in [5.74, 6) is 1.26. The van der Waals surface area contributed by atoms with E-state index in [-0.39, 0.29) is 5.82 Å². The molecule has 1 atom stereocenters. The van der Waals surface area contributed by atoms with Crippen LogP contribution < -0.4 is 4.90 Å². The van der Waals surface area contributed by atoms with Crippen LogP contribution in [0.15, 0.2) is 53.1 Å². The van der Waals surface area contributed by atoms with Gasteiger partial charge in [0.2, 0.25) is 11.7 Å². The van der Waals surface area contributed by atoms with Gasteiger partial charge in [0.25, 0.3) is 0 Å². The zero-order chi connectivity index (χ0) is 15.8. The highest BCUT2D eigenvalue weighted by Gasteiger charge is 2.26. The van der Waals surface area contributed by atoms with Gasteiger partial charge in [0.05, 0.1) is 6.54 Å². The predicted molar refractivity (Wildman–Crippen MR) is 85.6 cm³/mol. The highest BCUT2D eigenvalue weighted by Crippen LogP contribution is 2.36. The summed E-state index contributed by atoms with van der Waals surface area (Å²) in [6, 6.07) is 14.5. The van der Waals surface area contributed by atoms with Gasteiger partial charge in [-0.1, -0.05) is 30.3 Å². The van der Waals surface area contributed by atoms with Gasteiger partial charge in [0.15, 0.2) is 0 Å². The number of rotatable bonds is 3. The van der Waals surface area contributed by atoms with Crippen molar-refractivity contribution in [1.29, 1.82) is 0 Å². The molecular formula is C18H16FN3O. The summed E-state index contributed by atoms with van der Waals surface area (Å²) in [6.45, 7) is 3.74. The second-order valence-corrected chi connectivity index (χ2v) is 5.86. The summed E-state index contributed by atoms with van der Waals surface area (Å²) < 4.78 is 18.3. The van der Waals surface area contributed by atoms with Crippen molar-refractivity contribution in [2.45, 2.75) is 19.4 Å². The molecule has 0 fully saturated rings.